The fourth-order valence-corrected chi connectivity index (χ4v) is 5.98. The minimum Gasteiger partial charge on any atom is -0.444 e. The second-order valence-electron chi connectivity index (χ2n) is 13.8. The number of ketones is 1. The van der Waals surface area contributed by atoms with Gasteiger partial charge in [0.05, 0.1) is 6.04 Å². The fraction of sp³-hybridized carbons (Fsp3) is 0.815. The first-order chi connectivity index (χ1) is 17.4. The third kappa shape index (κ3) is 6.49. The van der Waals surface area contributed by atoms with Crippen LogP contribution in [0.5, 0.6) is 0 Å². The van der Waals surface area contributed by atoms with E-state index in [0.717, 1.165) is 19.3 Å². The number of piperidine rings is 1. The number of hydrogen-bond acceptors (Lipinski definition) is 6. The molecule has 6 atom stereocenters. The molecule has 10 nitrogen and oxygen atoms in total. The number of nitrogens with one attached hydrogen (secondary N) is 3. The van der Waals surface area contributed by atoms with Crippen molar-refractivity contribution < 1.29 is 28.7 Å². The first-order valence-corrected chi connectivity index (χ1v) is 14.1. The van der Waals surface area contributed by atoms with Gasteiger partial charge in [-0.2, -0.15) is 0 Å². The topological polar surface area (TPSA) is 134 Å². The predicted molar refractivity (Wildman–Crippen MR) is 146 cm³/mol. The van der Waals surface area contributed by atoms with Crippen molar-refractivity contribution in [2.45, 2.75) is 105 Å². The molecule has 1 saturated heterocycles. The molecule has 0 aromatic rings. The molecular formula is C27H45N4O6P. The Balaban J connectivity index is 1.84. The molecule has 0 radical (unpaired) electrons. The van der Waals surface area contributed by atoms with Crippen molar-refractivity contribution in [3.63, 3.8) is 0 Å². The number of carbonyl (C=O) groups excluding carboxylic acids is 5. The summed E-state index contributed by atoms with van der Waals surface area (Å²) in [5.41, 5.74) is -1.53. The highest BCUT2D eigenvalue weighted by atomic mass is 31.0. The summed E-state index contributed by atoms with van der Waals surface area (Å²) in [6, 6.07) is -2.68. The van der Waals surface area contributed by atoms with Crippen molar-refractivity contribution in [1.29, 1.82) is 0 Å². The average Bonchev–Trinajstić information content (AvgIpc) is 3.08. The minimum absolute atomic E-state index is 0.0800. The number of ether oxygens (including phenoxy) is 1. The summed E-state index contributed by atoms with van der Waals surface area (Å²) < 4.78 is 5.40. The van der Waals surface area contributed by atoms with Gasteiger partial charge in [0.25, 0.3) is 5.91 Å². The Hall–Kier alpha value is -2.22. The van der Waals surface area contributed by atoms with Gasteiger partial charge in [0.15, 0.2) is 0 Å². The Morgan fingerprint density at radius 3 is 2.11 bits per heavy atom. The quantitative estimate of drug-likeness (QED) is 0.313. The summed E-state index contributed by atoms with van der Waals surface area (Å²) in [5.74, 6) is -1.95. The van der Waals surface area contributed by atoms with Gasteiger partial charge >= 0.3 is 6.09 Å². The maximum Gasteiger partial charge on any atom is 0.408 e. The normalized spacial score (nSPS) is 25.8. The van der Waals surface area contributed by atoms with Crippen molar-refractivity contribution in [2.75, 3.05) is 6.54 Å². The van der Waals surface area contributed by atoms with Crippen LogP contribution in [0, 0.1) is 28.6 Å². The molecule has 0 spiro atoms. The van der Waals surface area contributed by atoms with Gasteiger partial charge in [0.2, 0.25) is 17.6 Å². The Morgan fingerprint density at radius 2 is 1.63 bits per heavy atom. The molecule has 1 heterocycles. The van der Waals surface area contributed by atoms with Crippen LogP contribution in [0.25, 0.3) is 0 Å². The molecule has 38 heavy (non-hydrogen) atoms. The molecule has 1 aliphatic heterocycles. The van der Waals surface area contributed by atoms with Crippen molar-refractivity contribution in [3.05, 3.63) is 0 Å². The summed E-state index contributed by atoms with van der Waals surface area (Å²) in [7, 11) is 2.02. The van der Waals surface area contributed by atoms with Gasteiger partial charge in [0, 0.05) is 6.54 Å². The summed E-state index contributed by atoms with van der Waals surface area (Å²) in [6.07, 6.45) is 2.67. The molecule has 0 aromatic carbocycles. The summed E-state index contributed by atoms with van der Waals surface area (Å²) in [5, 5.41) is 7.85. The highest BCUT2D eigenvalue weighted by Gasteiger charge is 2.70. The lowest BCUT2D eigenvalue weighted by Crippen LogP contribution is -2.60. The minimum atomic E-state index is -0.954. The fourth-order valence-electron chi connectivity index (χ4n) is 5.83. The summed E-state index contributed by atoms with van der Waals surface area (Å²) in [4.78, 5) is 66.8. The summed E-state index contributed by atoms with van der Waals surface area (Å²) >= 11 is 0. The first kappa shape index (κ1) is 30.3. The number of hydrogen-bond donors (Lipinski definition) is 3. The molecule has 3 aliphatic rings. The second-order valence-corrected chi connectivity index (χ2v) is 14.1. The number of nitrogens with zero attached hydrogens (tertiary/aromatic N) is 1. The zero-order valence-corrected chi connectivity index (χ0v) is 25.1. The van der Waals surface area contributed by atoms with E-state index in [-0.39, 0.29) is 29.1 Å². The molecule has 2 unspecified atom stereocenters. The largest absolute Gasteiger partial charge is 0.444 e. The molecule has 0 aromatic heterocycles. The standard InChI is InChI=1S/C27H45N4O6P/c1-25(2,3)20(29-24(36)37-26(4,5)6)23(35)31-13-15-17(27(15,7)8)18(31)21(33)28-16(12-14-10-9-11-14)19(32)22(34)30-38/h14-18,20H,9-13,38H2,1-8H3,(H,28,33)(H,29,36)(H,30,34)/t15-,16?,17-,18-,20+/m0/s1. The Morgan fingerprint density at radius 1 is 1.03 bits per heavy atom. The van der Waals surface area contributed by atoms with Gasteiger partial charge in [-0.05, 0) is 65.2 Å². The van der Waals surface area contributed by atoms with Crippen molar-refractivity contribution in [1.82, 2.24) is 20.6 Å². The van der Waals surface area contributed by atoms with E-state index in [1.54, 1.807) is 25.7 Å². The molecule has 3 N–H and O–H groups in total. The van der Waals surface area contributed by atoms with Crippen LogP contribution in [-0.2, 0) is 23.9 Å². The molecule has 2 aliphatic carbocycles. The number of alkyl carbamates (subject to hydrolysis) is 1. The molecule has 11 heteroatoms. The zero-order chi connectivity index (χ0) is 28.8. The van der Waals surface area contributed by atoms with Gasteiger partial charge in [-0.1, -0.05) is 53.9 Å². The van der Waals surface area contributed by atoms with Crippen LogP contribution in [0.3, 0.4) is 0 Å². The molecule has 4 amide bonds. The zero-order valence-electron chi connectivity index (χ0n) is 24.0. The van der Waals surface area contributed by atoms with E-state index in [2.05, 4.69) is 29.6 Å². The number of fused-ring (bicyclic) bond motifs is 1. The van der Waals surface area contributed by atoms with Crippen LogP contribution in [-0.4, -0.2) is 64.8 Å². The highest BCUT2D eigenvalue weighted by molar-refractivity contribution is 7.15. The van der Waals surface area contributed by atoms with Crippen LogP contribution in [0.4, 0.5) is 4.79 Å². The Bertz CT molecular complexity index is 981. The monoisotopic (exact) mass is 552 g/mol. The number of carbonyl (C=O) groups is 5. The van der Waals surface area contributed by atoms with E-state index in [1.807, 2.05) is 30.2 Å². The molecule has 3 fully saturated rings. The van der Waals surface area contributed by atoms with E-state index < -0.39 is 52.8 Å². The van der Waals surface area contributed by atoms with Gasteiger partial charge in [-0.3, -0.25) is 19.2 Å². The SMILES string of the molecule is CC(C)(C)OC(=O)N[C@H](C(=O)N1C[C@H]2[C@@H]([C@H]1C(=O)NC(CC1CCC1)C(=O)C(=O)NP)C2(C)C)C(C)(C)C. The lowest BCUT2D eigenvalue weighted by Gasteiger charge is -2.38. The van der Waals surface area contributed by atoms with E-state index in [1.165, 1.54) is 0 Å². The lowest BCUT2D eigenvalue weighted by molar-refractivity contribution is -0.145. The van der Waals surface area contributed by atoms with Gasteiger partial charge in [-0.15, -0.1) is 0 Å². The number of rotatable bonds is 8. The smallest absolute Gasteiger partial charge is 0.408 e. The van der Waals surface area contributed by atoms with Gasteiger partial charge < -0.3 is 25.4 Å². The van der Waals surface area contributed by atoms with E-state index in [9.17, 15) is 24.0 Å². The Labute approximate surface area is 228 Å². The predicted octanol–water partition coefficient (Wildman–Crippen LogP) is 2.56. The van der Waals surface area contributed by atoms with Crippen molar-refractivity contribution >= 4 is 39.0 Å². The average molecular weight is 553 g/mol. The van der Waals surface area contributed by atoms with Crippen LogP contribution in [0.15, 0.2) is 0 Å². The maximum absolute atomic E-state index is 13.9. The van der Waals surface area contributed by atoms with Crippen LogP contribution in [0.2, 0.25) is 0 Å². The van der Waals surface area contributed by atoms with Gasteiger partial charge in [-0.25, -0.2) is 4.79 Å². The molecule has 2 saturated carbocycles. The lowest BCUT2D eigenvalue weighted by atomic mass is 9.80. The van der Waals surface area contributed by atoms with Crippen LogP contribution in [0.1, 0.15) is 81.1 Å². The van der Waals surface area contributed by atoms with E-state index >= 15 is 0 Å². The van der Waals surface area contributed by atoms with E-state index in [0.29, 0.717) is 13.0 Å². The third-order valence-electron chi connectivity index (χ3n) is 8.32. The second kappa shape index (κ2) is 10.7. The number of likely N-dealkylation sites (tertiary alicyclic amines) is 1. The van der Waals surface area contributed by atoms with Crippen molar-refractivity contribution in [2.24, 2.45) is 28.6 Å². The summed E-state index contributed by atoms with van der Waals surface area (Å²) in [6.45, 7) is 15.3. The third-order valence-corrected chi connectivity index (χ3v) is 8.58. The highest BCUT2D eigenvalue weighted by Crippen LogP contribution is 2.65. The first-order valence-electron chi connectivity index (χ1n) is 13.5. The molecule has 0 bridgehead atoms. The molecule has 214 valence electrons. The molecule has 3 rings (SSSR count). The number of Topliss-reactive ketones (excluding diaryl/α,β-unsaturated/α-hetero) is 1. The maximum atomic E-state index is 13.9. The van der Waals surface area contributed by atoms with Crippen LogP contribution < -0.4 is 15.7 Å². The van der Waals surface area contributed by atoms with Gasteiger partial charge in [0.1, 0.15) is 17.7 Å². The van der Waals surface area contributed by atoms with Crippen molar-refractivity contribution in [3.8, 4) is 0 Å². The number of amides is 4. The Kier molecular flexibility index (Phi) is 8.57. The molecular weight excluding hydrogens is 507 g/mol. The van der Waals surface area contributed by atoms with Crippen LogP contribution >= 0.6 is 9.39 Å². The van der Waals surface area contributed by atoms with E-state index in [4.69, 9.17) is 4.74 Å².